The number of aryl methyl sites for hydroxylation is 2. The van der Waals surface area contributed by atoms with Gasteiger partial charge in [0.2, 0.25) is 0 Å². The highest BCUT2D eigenvalue weighted by molar-refractivity contribution is 5.65. The predicted octanol–water partition coefficient (Wildman–Crippen LogP) is 2.86. The van der Waals surface area contributed by atoms with E-state index >= 15 is 0 Å². The second-order valence-corrected chi connectivity index (χ2v) is 8.64. The molecule has 30 heavy (non-hydrogen) atoms. The average Bonchev–Trinajstić information content (AvgIpc) is 3.36. The number of anilines is 1. The summed E-state index contributed by atoms with van der Waals surface area (Å²) in [5, 5.41) is 9.01. The smallest absolute Gasteiger partial charge is 0.158 e. The van der Waals surface area contributed by atoms with Crippen molar-refractivity contribution in [1.82, 2.24) is 24.7 Å². The van der Waals surface area contributed by atoms with Crippen molar-refractivity contribution < 1.29 is 9.26 Å². The lowest BCUT2D eigenvalue weighted by atomic mass is 9.96. The average molecular weight is 411 g/mol. The largest absolute Gasteiger partial charge is 0.379 e. The van der Waals surface area contributed by atoms with Crippen LogP contribution in [-0.2, 0) is 4.74 Å². The van der Waals surface area contributed by atoms with Gasteiger partial charge >= 0.3 is 0 Å². The van der Waals surface area contributed by atoms with Crippen molar-refractivity contribution in [2.45, 2.75) is 33.6 Å². The summed E-state index contributed by atoms with van der Waals surface area (Å²) in [5.41, 5.74) is 4.66. The Hall–Kier alpha value is -2.45. The van der Waals surface area contributed by atoms with Crippen molar-refractivity contribution in [3.8, 4) is 11.4 Å². The van der Waals surface area contributed by atoms with Crippen LogP contribution in [0.25, 0.3) is 17.0 Å². The second kappa shape index (κ2) is 8.00. The van der Waals surface area contributed by atoms with Gasteiger partial charge in [0, 0.05) is 56.1 Å². The summed E-state index contributed by atoms with van der Waals surface area (Å²) in [5.74, 6) is 2.60. The third-order valence-corrected chi connectivity index (χ3v) is 6.38. The van der Waals surface area contributed by atoms with Crippen molar-refractivity contribution in [3.63, 3.8) is 0 Å². The van der Waals surface area contributed by atoms with E-state index in [9.17, 15) is 0 Å². The van der Waals surface area contributed by atoms with E-state index in [0.717, 1.165) is 80.2 Å². The van der Waals surface area contributed by atoms with E-state index in [2.05, 4.69) is 28.8 Å². The molecule has 8 nitrogen and oxygen atoms in total. The molecule has 0 N–H and O–H groups in total. The second-order valence-electron chi connectivity index (χ2n) is 8.64. The highest BCUT2D eigenvalue weighted by atomic mass is 16.5. The third kappa shape index (κ3) is 3.70. The van der Waals surface area contributed by atoms with E-state index in [1.54, 1.807) is 0 Å². The molecule has 2 aliphatic rings. The lowest BCUT2D eigenvalue weighted by molar-refractivity contribution is 0.0296. The van der Waals surface area contributed by atoms with Crippen molar-refractivity contribution >= 4 is 11.5 Å². The van der Waals surface area contributed by atoms with Gasteiger partial charge in [-0.2, -0.15) is 9.61 Å². The Kier molecular flexibility index (Phi) is 5.20. The van der Waals surface area contributed by atoms with Gasteiger partial charge in [-0.3, -0.25) is 4.90 Å². The first-order valence-electron chi connectivity index (χ1n) is 10.9. The van der Waals surface area contributed by atoms with Crippen LogP contribution in [0.15, 0.2) is 16.7 Å². The first kappa shape index (κ1) is 19.5. The molecule has 3 aromatic rings. The normalized spacial score (nSPS) is 20.9. The maximum atomic E-state index is 5.51. The summed E-state index contributed by atoms with van der Waals surface area (Å²) < 4.78 is 12.8. The highest BCUT2D eigenvalue weighted by Crippen LogP contribution is 2.30. The van der Waals surface area contributed by atoms with Crippen LogP contribution in [-0.4, -0.2) is 70.6 Å². The van der Waals surface area contributed by atoms with Gasteiger partial charge in [-0.25, -0.2) is 4.98 Å². The molecule has 2 fully saturated rings. The van der Waals surface area contributed by atoms with Crippen molar-refractivity contribution in [1.29, 1.82) is 0 Å². The van der Waals surface area contributed by atoms with Crippen molar-refractivity contribution in [3.05, 3.63) is 29.2 Å². The monoisotopic (exact) mass is 410 g/mol. The van der Waals surface area contributed by atoms with Crippen LogP contribution in [0.3, 0.4) is 0 Å². The van der Waals surface area contributed by atoms with E-state index in [0.29, 0.717) is 5.92 Å². The molecular weight excluding hydrogens is 380 g/mol. The molecule has 0 amide bonds. The van der Waals surface area contributed by atoms with E-state index in [-0.39, 0.29) is 0 Å². The van der Waals surface area contributed by atoms with Gasteiger partial charge in [0.1, 0.15) is 23.0 Å². The minimum Gasteiger partial charge on any atom is -0.379 e. The van der Waals surface area contributed by atoms with Gasteiger partial charge in [0.05, 0.1) is 13.2 Å². The zero-order valence-electron chi connectivity index (χ0n) is 18.1. The molecule has 0 saturated carbocycles. The van der Waals surface area contributed by atoms with Gasteiger partial charge < -0.3 is 14.2 Å². The predicted molar refractivity (Wildman–Crippen MR) is 115 cm³/mol. The van der Waals surface area contributed by atoms with Crippen LogP contribution in [0.1, 0.15) is 29.9 Å². The molecule has 0 aliphatic carbocycles. The lowest BCUT2D eigenvalue weighted by Gasteiger charge is -2.38. The van der Waals surface area contributed by atoms with E-state index in [1.807, 2.05) is 23.6 Å². The van der Waals surface area contributed by atoms with Gasteiger partial charge in [0.25, 0.3) is 0 Å². The van der Waals surface area contributed by atoms with Crippen LogP contribution in [0.5, 0.6) is 0 Å². The number of ether oxygens (including phenoxy) is 1. The molecular formula is C22H30N6O2. The quantitative estimate of drug-likeness (QED) is 0.655. The highest BCUT2D eigenvalue weighted by Gasteiger charge is 2.27. The SMILES string of the molecule is Cc1cc(-c2cc3nc(C)c(C)c(N4CCCC(CN5CCOCC5)C4)n3n2)no1. The standard InChI is InChI=1S/C22H30N6O2/c1-15-11-20(25-30-15)19-12-21-23-17(3)16(2)22(28(21)24-19)27-6-4-5-18(14-27)13-26-7-9-29-10-8-26/h11-12,18H,4-10,13-14H2,1-3H3. The summed E-state index contributed by atoms with van der Waals surface area (Å²) >= 11 is 0. The Labute approximate surface area is 176 Å². The first-order valence-corrected chi connectivity index (χ1v) is 10.9. The van der Waals surface area contributed by atoms with E-state index in [4.69, 9.17) is 19.3 Å². The van der Waals surface area contributed by atoms with Crippen LogP contribution in [0.4, 0.5) is 5.82 Å². The van der Waals surface area contributed by atoms with E-state index in [1.165, 1.54) is 18.4 Å². The minimum atomic E-state index is 0.660. The molecule has 3 aromatic heterocycles. The molecule has 2 aliphatic heterocycles. The Morgan fingerprint density at radius 2 is 1.90 bits per heavy atom. The van der Waals surface area contributed by atoms with Gasteiger partial charge in [0.15, 0.2) is 5.65 Å². The van der Waals surface area contributed by atoms with Gasteiger partial charge in [-0.05, 0) is 39.5 Å². The number of hydrogen-bond acceptors (Lipinski definition) is 7. The summed E-state index contributed by atoms with van der Waals surface area (Å²) in [6.45, 7) is 13.2. The van der Waals surface area contributed by atoms with Crippen LogP contribution >= 0.6 is 0 Å². The fourth-order valence-electron chi connectivity index (χ4n) is 4.72. The maximum Gasteiger partial charge on any atom is 0.158 e. The fourth-order valence-corrected chi connectivity index (χ4v) is 4.72. The van der Waals surface area contributed by atoms with Crippen LogP contribution in [0, 0.1) is 26.7 Å². The van der Waals surface area contributed by atoms with E-state index < -0.39 is 0 Å². The Bertz CT molecular complexity index is 1040. The first-order chi connectivity index (χ1) is 14.6. The van der Waals surface area contributed by atoms with Crippen molar-refractivity contribution in [2.75, 3.05) is 50.8 Å². The molecule has 0 aromatic carbocycles. The summed E-state index contributed by atoms with van der Waals surface area (Å²) in [6, 6.07) is 3.92. The molecule has 0 bridgehead atoms. The molecule has 2 saturated heterocycles. The summed E-state index contributed by atoms with van der Waals surface area (Å²) in [6.07, 6.45) is 2.48. The molecule has 0 radical (unpaired) electrons. The zero-order valence-corrected chi connectivity index (χ0v) is 18.1. The summed E-state index contributed by atoms with van der Waals surface area (Å²) in [7, 11) is 0. The Morgan fingerprint density at radius 3 is 2.67 bits per heavy atom. The van der Waals surface area contributed by atoms with Gasteiger partial charge in [-0.1, -0.05) is 5.16 Å². The molecule has 8 heteroatoms. The zero-order chi connectivity index (χ0) is 20.7. The van der Waals surface area contributed by atoms with Gasteiger partial charge in [-0.15, -0.1) is 0 Å². The topological polar surface area (TPSA) is 71.9 Å². The number of aromatic nitrogens is 4. The molecule has 1 unspecified atom stereocenters. The number of piperidine rings is 1. The molecule has 160 valence electrons. The summed E-state index contributed by atoms with van der Waals surface area (Å²) in [4.78, 5) is 9.85. The molecule has 5 rings (SSSR count). The van der Waals surface area contributed by atoms with Crippen molar-refractivity contribution in [2.24, 2.45) is 5.92 Å². The molecule has 1 atom stereocenters. The minimum absolute atomic E-state index is 0.660. The van der Waals surface area contributed by atoms with Crippen LogP contribution in [0.2, 0.25) is 0 Å². The maximum absolute atomic E-state index is 5.51. The number of rotatable bonds is 4. The number of nitrogens with zero attached hydrogens (tertiary/aromatic N) is 6. The van der Waals surface area contributed by atoms with Crippen LogP contribution < -0.4 is 4.90 Å². The molecule has 5 heterocycles. The number of morpholine rings is 1. The Morgan fingerprint density at radius 1 is 1.07 bits per heavy atom. The fraction of sp³-hybridized carbons (Fsp3) is 0.591. The molecule has 0 spiro atoms. The third-order valence-electron chi connectivity index (χ3n) is 6.38. The number of fused-ring (bicyclic) bond motifs is 1. The Balaban J connectivity index is 1.46. The number of hydrogen-bond donors (Lipinski definition) is 0. The lowest BCUT2D eigenvalue weighted by Crippen LogP contribution is -2.45.